The summed E-state index contributed by atoms with van der Waals surface area (Å²) in [5.41, 5.74) is -0.178. The molecule has 1 aromatic carbocycles. The second kappa shape index (κ2) is 8.95. The monoisotopic (exact) mass is 443 g/mol. The van der Waals surface area contributed by atoms with Gasteiger partial charge in [0.25, 0.3) is 5.91 Å². The zero-order valence-corrected chi connectivity index (χ0v) is 17.6. The molecule has 0 bridgehead atoms. The maximum absolute atomic E-state index is 13.3. The Kier molecular flexibility index (Phi) is 6.08. The first-order valence-electron chi connectivity index (χ1n) is 10.4. The number of aromatic nitrogens is 2. The van der Waals surface area contributed by atoms with Crippen LogP contribution in [0.25, 0.3) is 0 Å². The Morgan fingerprint density at radius 3 is 2.78 bits per heavy atom. The predicted molar refractivity (Wildman–Crippen MR) is 109 cm³/mol. The fourth-order valence-electron chi connectivity index (χ4n) is 4.25. The van der Waals surface area contributed by atoms with E-state index in [-0.39, 0.29) is 19.1 Å². The van der Waals surface area contributed by atoms with Gasteiger partial charge in [0.15, 0.2) is 0 Å². The summed E-state index contributed by atoms with van der Waals surface area (Å²) in [5.74, 6) is -0.411. The van der Waals surface area contributed by atoms with Crippen LogP contribution in [0.4, 0.5) is 4.79 Å². The molecule has 11 heteroatoms. The van der Waals surface area contributed by atoms with Crippen LogP contribution in [0, 0.1) is 0 Å². The first-order chi connectivity index (χ1) is 15.4. The van der Waals surface area contributed by atoms with Crippen LogP contribution >= 0.6 is 0 Å². The van der Waals surface area contributed by atoms with Crippen LogP contribution in [0.1, 0.15) is 31.2 Å². The number of hydrogen-bond donors (Lipinski definition) is 2. The van der Waals surface area contributed by atoms with Gasteiger partial charge in [0.1, 0.15) is 18.2 Å². The molecule has 3 atom stereocenters. The lowest BCUT2D eigenvalue weighted by atomic mass is 9.85. The van der Waals surface area contributed by atoms with Crippen molar-refractivity contribution in [3.05, 3.63) is 48.2 Å². The SMILES string of the molecule is C[C@@H](O)[C@H](NC(=O)OCc1ccccc1)C(=O)N1CCCC12CN(Cc1nnco1)C2=O. The lowest BCUT2D eigenvalue weighted by Crippen LogP contribution is -2.74. The summed E-state index contributed by atoms with van der Waals surface area (Å²) in [6, 6.07) is 7.88. The van der Waals surface area contributed by atoms with Gasteiger partial charge in [0, 0.05) is 6.54 Å². The molecule has 32 heavy (non-hydrogen) atoms. The third-order valence-electron chi connectivity index (χ3n) is 5.86. The van der Waals surface area contributed by atoms with Crippen LogP contribution in [0.5, 0.6) is 0 Å². The molecule has 2 fully saturated rings. The minimum atomic E-state index is -1.23. The van der Waals surface area contributed by atoms with E-state index in [1.807, 2.05) is 18.2 Å². The van der Waals surface area contributed by atoms with Crippen molar-refractivity contribution < 1.29 is 28.6 Å². The lowest BCUT2D eigenvalue weighted by molar-refractivity contribution is -0.170. The number of benzene rings is 1. The molecule has 3 heterocycles. The first-order valence-corrected chi connectivity index (χ1v) is 10.4. The summed E-state index contributed by atoms with van der Waals surface area (Å²) < 4.78 is 10.3. The van der Waals surface area contributed by atoms with Crippen molar-refractivity contribution in [1.82, 2.24) is 25.3 Å². The quantitative estimate of drug-likeness (QED) is 0.588. The van der Waals surface area contributed by atoms with Gasteiger partial charge in [-0.3, -0.25) is 9.59 Å². The number of hydrogen-bond acceptors (Lipinski definition) is 8. The summed E-state index contributed by atoms with van der Waals surface area (Å²) in [4.78, 5) is 41.5. The summed E-state index contributed by atoms with van der Waals surface area (Å²) in [5, 5.41) is 20.0. The molecule has 170 valence electrons. The van der Waals surface area contributed by atoms with E-state index in [0.29, 0.717) is 31.8 Å². The van der Waals surface area contributed by atoms with Crippen LogP contribution in [0.3, 0.4) is 0 Å². The van der Waals surface area contributed by atoms with Crippen molar-refractivity contribution in [2.45, 2.75) is 50.6 Å². The van der Waals surface area contributed by atoms with Gasteiger partial charge in [0.05, 0.1) is 19.2 Å². The number of nitrogens with one attached hydrogen (secondary N) is 1. The van der Waals surface area contributed by atoms with Gasteiger partial charge in [-0.1, -0.05) is 30.3 Å². The highest BCUT2D eigenvalue weighted by Crippen LogP contribution is 2.40. The molecule has 0 aliphatic carbocycles. The molecule has 4 rings (SSSR count). The number of aliphatic hydroxyl groups is 1. The fraction of sp³-hybridized carbons (Fsp3) is 0.476. The zero-order valence-electron chi connectivity index (χ0n) is 17.6. The molecule has 0 radical (unpaired) electrons. The Bertz CT molecular complexity index is 966. The third kappa shape index (κ3) is 4.15. The molecule has 1 aromatic heterocycles. The van der Waals surface area contributed by atoms with Crippen LogP contribution in [0.15, 0.2) is 41.1 Å². The molecule has 0 saturated carbocycles. The van der Waals surface area contributed by atoms with Crippen LogP contribution in [-0.2, 0) is 27.5 Å². The number of likely N-dealkylation sites (tertiary alicyclic amines) is 2. The Hall–Kier alpha value is -3.47. The minimum Gasteiger partial charge on any atom is -0.445 e. The number of amides is 3. The third-order valence-corrected chi connectivity index (χ3v) is 5.86. The number of carbonyl (C=O) groups is 3. The number of alkyl carbamates (subject to hydrolysis) is 1. The largest absolute Gasteiger partial charge is 0.445 e. The van der Waals surface area contributed by atoms with Gasteiger partial charge >= 0.3 is 6.09 Å². The number of ether oxygens (including phenoxy) is 1. The molecule has 2 N–H and O–H groups in total. The van der Waals surface area contributed by atoms with E-state index in [2.05, 4.69) is 15.5 Å². The maximum Gasteiger partial charge on any atom is 0.408 e. The van der Waals surface area contributed by atoms with Gasteiger partial charge in [-0.25, -0.2) is 4.79 Å². The second-order valence-electron chi connectivity index (χ2n) is 8.04. The Morgan fingerprint density at radius 1 is 1.34 bits per heavy atom. The van der Waals surface area contributed by atoms with E-state index >= 15 is 0 Å². The van der Waals surface area contributed by atoms with Gasteiger partial charge in [0.2, 0.25) is 18.2 Å². The van der Waals surface area contributed by atoms with Gasteiger partial charge in [-0.15, -0.1) is 10.2 Å². The molecule has 11 nitrogen and oxygen atoms in total. The molecule has 2 aliphatic rings. The highest BCUT2D eigenvalue weighted by atomic mass is 16.5. The van der Waals surface area contributed by atoms with Crippen molar-refractivity contribution in [3.63, 3.8) is 0 Å². The number of β-lactam (4-membered cyclic amide) rings is 1. The van der Waals surface area contributed by atoms with Crippen molar-refractivity contribution in [2.24, 2.45) is 0 Å². The zero-order chi connectivity index (χ0) is 22.7. The number of rotatable bonds is 7. The lowest BCUT2D eigenvalue weighted by Gasteiger charge is -2.51. The Balaban J connectivity index is 1.39. The molecule has 1 unspecified atom stereocenters. The summed E-state index contributed by atoms with van der Waals surface area (Å²) >= 11 is 0. The highest BCUT2D eigenvalue weighted by Gasteiger charge is 2.60. The summed E-state index contributed by atoms with van der Waals surface area (Å²) in [7, 11) is 0. The maximum atomic E-state index is 13.3. The molecule has 2 aliphatic heterocycles. The van der Waals surface area contributed by atoms with E-state index in [9.17, 15) is 19.5 Å². The van der Waals surface area contributed by atoms with Crippen LogP contribution in [0.2, 0.25) is 0 Å². The van der Waals surface area contributed by atoms with E-state index in [1.54, 1.807) is 12.1 Å². The molecule has 1 spiro atoms. The van der Waals surface area contributed by atoms with E-state index < -0.39 is 29.7 Å². The molecular formula is C21H25N5O6. The molecule has 2 aromatic rings. The normalized spacial score (nSPS) is 21.9. The van der Waals surface area contributed by atoms with Crippen molar-refractivity contribution in [1.29, 1.82) is 0 Å². The van der Waals surface area contributed by atoms with E-state index in [4.69, 9.17) is 9.15 Å². The van der Waals surface area contributed by atoms with Crippen LogP contribution in [-0.4, -0.2) is 73.8 Å². The smallest absolute Gasteiger partial charge is 0.408 e. The number of carbonyl (C=O) groups excluding carboxylic acids is 3. The number of nitrogens with zero attached hydrogens (tertiary/aromatic N) is 4. The average molecular weight is 443 g/mol. The number of aliphatic hydroxyl groups excluding tert-OH is 1. The standard InChI is InChI=1S/C21H25N5O6/c1-14(27)17(23-20(30)31-11-15-6-3-2-4-7-15)18(28)26-9-5-8-21(26)12-25(19(21)29)10-16-24-22-13-32-16/h2-4,6-7,13-14,17,27H,5,8-12H2,1H3,(H,23,30)/t14-,17+,21?/m1/s1. The van der Waals surface area contributed by atoms with E-state index in [1.165, 1.54) is 23.1 Å². The summed E-state index contributed by atoms with van der Waals surface area (Å²) in [6.45, 7) is 2.30. The Morgan fingerprint density at radius 2 is 2.12 bits per heavy atom. The highest BCUT2D eigenvalue weighted by molar-refractivity contribution is 5.99. The van der Waals surface area contributed by atoms with Crippen molar-refractivity contribution in [2.75, 3.05) is 13.1 Å². The fourth-order valence-corrected chi connectivity index (χ4v) is 4.25. The van der Waals surface area contributed by atoms with E-state index in [0.717, 1.165) is 5.56 Å². The van der Waals surface area contributed by atoms with Crippen molar-refractivity contribution >= 4 is 17.9 Å². The second-order valence-corrected chi connectivity index (χ2v) is 8.04. The Labute approximate surface area is 184 Å². The van der Waals surface area contributed by atoms with Gasteiger partial charge in [-0.2, -0.15) is 0 Å². The van der Waals surface area contributed by atoms with Crippen LogP contribution < -0.4 is 5.32 Å². The molecule has 3 amide bonds. The molecular weight excluding hydrogens is 418 g/mol. The molecule has 2 saturated heterocycles. The van der Waals surface area contributed by atoms with Gasteiger partial charge < -0.3 is 29.4 Å². The minimum absolute atomic E-state index is 0.0319. The average Bonchev–Trinajstić information content (AvgIpc) is 3.47. The first kappa shape index (κ1) is 21.8. The van der Waals surface area contributed by atoms with Crippen molar-refractivity contribution in [3.8, 4) is 0 Å². The topological polar surface area (TPSA) is 138 Å². The summed E-state index contributed by atoms with van der Waals surface area (Å²) in [6.07, 6.45) is 0.365. The van der Waals surface area contributed by atoms with Gasteiger partial charge in [-0.05, 0) is 25.3 Å². The predicted octanol–water partition coefficient (Wildman–Crippen LogP) is 0.449.